The highest BCUT2D eigenvalue weighted by atomic mass is 16.6. The van der Waals surface area contributed by atoms with E-state index in [9.17, 15) is 9.59 Å². The highest BCUT2D eigenvalue weighted by Gasteiger charge is 2.20. The van der Waals surface area contributed by atoms with Gasteiger partial charge in [0.2, 0.25) is 0 Å². The predicted octanol–water partition coefficient (Wildman–Crippen LogP) is 4.20. The van der Waals surface area contributed by atoms with Gasteiger partial charge in [0.25, 0.3) is 0 Å². The van der Waals surface area contributed by atoms with Gasteiger partial charge in [-0.1, -0.05) is 12.1 Å². The van der Waals surface area contributed by atoms with E-state index in [1.54, 1.807) is 17.9 Å². The number of methoxy groups -OCH3 is 1. The molecule has 0 saturated carbocycles. The van der Waals surface area contributed by atoms with Crippen molar-refractivity contribution in [2.75, 3.05) is 12.4 Å². The Morgan fingerprint density at radius 2 is 1.80 bits per heavy atom. The number of hydrogen-bond donors (Lipinski definition) is 1. The molecule has 7 heteroatoms. The molecule has 2 heterocycles. The van der Waals surface area contributed by atoms with Gasteiger partial charge in [0, 0.05) is 23.7 Å². The normalized spacial score (nSPS) is 11.4. The largest absolute Gasteiger partial charge is 0.497 e. The maximum atomic E-state index is 12.3. The summed E-state index contributed by atoms with van der Waals surface area (Å²) in [7, 11) is 1.63. The number of nitrogens with zero attached hydrogens (tertiary/aromatic N) is 2. The molecule has 0 aliphatic heterocycles. The van der Waals surface area contributed by atoms with Crippen LogP contribution in [-0.2, 0) is 22.6 Å². The van der Waals surface area contributed by atoms with Crippen molar-refractivity contribution in [3.05, 3.63) is 53.7 Å². The highest BCUT2D eigenvalue weighted by molar-refractivity contribution is 6.06. The lowest BCUT2D eigenvalue weighted by Gasteiger charge is -2.19. The van der Waals surface area contributed by atoms with Crippen molar-refractivity contribution in [2.45, 2.75) is 46.4 Å². The van der Waals surface area contributed by atoms with E-state index in [-0.39, 0.29) is 18.3 Å². The van der Waals surface area contributed by atoms with Crippen molar-refractivity contribution >= 4 is 28.6 Å². The third kappa shape index (κ3) is 5.17. The van der Waals surface area contributed by atoms with Crippen LogP contribution in [0.3, 0.4) is 0 Å². The number of anilines is 1. The van der Waals surface area contributed by atoms with E-state index < -0.39 is 5.60 Å². The first-order valence-electron chi connectivity index (χ1n) is 9.76. The van der Waals surface area contributed by atoms with Crippen LogP contribution in [0.2, 0.25) is 0 Å². The molecule has 0 amide bonds. The summed E-state index contributed by atoms with van der Waals surface area (Å²) in [5.41, 5.74) is 1.59. The number of nitrogens with one attached hydrogen (secondary N) is 1. The third-order valence-electron chi connectivity index (χ3n) is 4.45. The molecule has 0 spiro atoms. The number of fused-ring (bicyclic) bond motifs is 1. The number of carbonyl (C=O) groups excluding carboxylic acids is 2. The van der Waals surface area contributed by atoms with E-state index in [0.717, 1.165) is 11.3 Å². The molecule has 158 valence electrons. The number of rotatable bonds is 7. The fourth-order valence-electron chi connectivity index (χ4n) is 3.11. The smallest absolute Gasteiger partial charge is 0.326 e. The SMILES string of the molecule is COc1ccc(CNc2ccc3c(C(C)=O)cn(CC(=O)OC(C)(C)C)c3n2)cc1. The number of aromatic nitrogens is 2. The molecule has 3 rings (SSSR count). The highest BCUT2D eigenvalue weighted by Crippen LogP contribution is 2.23. The number of ketones is 1. The molecular formula is C23H27N3O4. The van der Waals surface area contributed by atoms with Gasteiger partial charge in [0.15, 0.2) is 5.78 Å². The Hall–Kier alpha value is -3.35. The second-order valence-corrected chi connectivity index (χ2v) is 8.08. The van der Waals surface area contributed by atoms with E-state index in [4.69, 9.17) is 9.47 Å². The predicted molar refractivity (Wildman–Crippen MR) is 116 cm³/mol. The van der Waals surface area contributed by atoms with Gasteiger partial charge in [-0.05, 0) is 57.5 Å². The lowest BCUT2D eigenvalue weighted by atomic mass is 10.1. The van der Waals surface area contributed by atoms with E-state index in [1.807, 2.05) is 57.2 Å². The van der Waals surface area contributed by atoms with Crippen molar-refractivity contribution in [2.24, 2.45) is 0 Å². The number of pyridine rings is 1. The van der Waals surface area contributed by atoms with Crippen LogP contribution < -0.4 is 10.1 Å². The fourth-order valence-corrected chi connectivity index (χ4v) is 3.11. The summed E-state index contributed by atoms with van der Waals surface area (Å²) in [4.78, 5) is 29.0. The van der Waals surface area contributed by atoms with Gasteiger partial charge in [0.05, 0.1) is 7.11 Å². The summed E-state index contributed by atoms with van der Waals surface area (Å²) in [6, 6.07) is 11.4. The lowest BCUT2D eigenvalue weighted by molar-refractivity contribution is -0.155. The summed E-state index contributed by atoms with van der Waals surface area (Å²) in [5, 5.41) is 3.99. The number of Topliss-reactive ketones (excluding diaryl/α,β-unsaturated/α-hetero) is 1. The number of carbonyl (C=O) groups is 2. The number of esters is 1. The zero-order chi connectivity index (χ0) is 21.9. The number of benzene rings is 1. The molecule has 1 N–H and O–H groups in total. The van der Waals surface area contributed by atoms with Gasteiger partial charge < -0.3 is 19.4 Å². The van der Waals surface area contributed by atoms with Gasteiger partial charge >= 0.3 is 5.97 Å². The minimum absolute atomic E-state index is 0.0179. The van der Waals surface area contributed by atoms with Gasteiger partial charge in [-0.15, -0.1) is 0 Å². The molecule has 1 aromatic carbocycles. The molecule has 0 atom stereocenters. The van der Waals surface area contributed by atoms with E-state index >= 15 is 0 Å². The van der Waals surface area contributed by atoms with Crippen LogP contribution in [0.15, 0.2) is 42.6 Å². The zero-order valence-corrected chi connectivity index (χ0v) is 18.0. The van der Waals surface area contributed by atoms with Crippen LogP contribution in [-0.4, -0.2) is 34.0 Å². The first kappa shape index (κ1) is 21.4. The molecule has 30 heavy (non-hydrogen) atoms. The van der Waals surface area contributed by atoms with Crippen molar-refractivity contribution in [3.63, 3.8) is 0 Å². The number of ether oxygens (including phenoxy) is 2. The van der Waals surface area contributed by atoms with Gasteiger partial charge in [-0.25, -0.2) is 4.98 Å². The van der Waals surface area contributed by atoms with Gasteiger partial charge in [-0.3, -0.25) is 9.59 Å². The Balaban J connectivity index is 1.85. The quantitative estimate of drug-likeness (QED) is 0.465. The van der Waals surface area contributed by atoms with Crippen LogP contribution in [0.25, 0.3) is 11.0 Å². The van der Waals surface area contributed by atoms with Crippen molar-refractivity contribution in [1.29, 1.82) is 0 Å². The average Bonchev–Trinajstić information content (AvgIpc) is 3.03. The van der Waals surface area contributed by atoms with E-state index in [0.29, 0.717) is 29.0 Å². The maximum absolute atomic E-state index is 12.3. The second-order valence-electron chi connectivity index (χ2n) is 8.08. The van der Waals surface area contributed by atoms with E-state index in [1.165, 1.54) is 6.92 Å². The van der Waals surface area contributed by atoms with Gasteiger partial charge in [-0.2, -0.15) is 0 Å². The van der Waals surface area contributed by atoms with Crippen LogP contribution in [0, 0.1) is 0 Å². The topological polar surface area (TPSA) is 82.5 Å². The Kier molecular flexibility index (Phi) is 6.10. The minimum atomic E-state index is -0.581. The number of hydrogen-bond acceptors (Lipinski definition) is 6. The molecule has 2 aromatic heterocycles. The van der Waals surface area contributed by atoms with Crippen LogP contribution >= 0.6 is 0 Å². The Bertz CT molecular complexity index is 1060. The van der Waals surface area contributed by atoms with Crippen molar-refractivity contribution < 1.29 is 19.1 Å². The molecule has 0 radical (unpaired) electrons. The summed E-state index contributed by atoms with van der Waals surface area (Å²) in [6.07, 6.45) is 1.66. The second kappa shape index (κ2) is 8.57. The van der Waals surface area contributed by atoms with Crippen LogP contribution in [0.5, 0.6) is 5.75 Å². The minimum Gasteiger partial charge on any atom is -0.497 e. The summed E-state index contributed by atoms with van der Waals surface area (Å²) in [5.74, 6) is 0.989. The van der Waals surface area contributed by atoms with Crippen molar-refractivity contribution in [1.82, 2.24) is 9.55 Å². The first-order chi connectivity index (χ1) is 14.2. The summed E-state index contributed by atoms with van der Waals surface area (Å²) in [6.45, 7) is 7.52. The molecular weight excluding hydrogens is 382 g/mol. The molecule has 0 fully saturated rings. The van der Waals surface area contributed by atoms with Crippen LogP contribution in [0.4, 0.5) is 5.82 Å². The standard InChI is InChI=1S/C23H27N3O4/c1-15(27)19-13-26(14-21(28)30-23(2,3)4)22-18(19)10-11-20(25-22)24-12-16-6-8-17(29-5)9-7-16/h6-11,13H,12,14H2,1-5H3,(H,24,25). The van der Waals surface area contributed by atoms with Crippen molar-refractivity contribution in [3.8, 4) is 5.75 Å². The lowest BCUT2D eigenvalue weighted by Crippen LogP contribution is -2.26. The summed E-state index contributed by atoms with van der Waals surface area (Å²) < 4.78 is 12.3. The maximum Gasteiger partial charge on any atom is 0.326 e. The molecule has 0 aliphatic carbocycles. The Labute approximate surface area is 176 Å². The average molecular weight is 409 g/mol. The summed E-state index contributed by atoms with van der Waals surface area (Å²) >= 11 is 0. The Morgan fingerprint density at radius 3 is 2.40 bits per heavy atom. The molecule has 0 saturated heterocycles. The molecule has 3 aromatic rings. The fraction of sp³-hybridized carbons (Fsp3) is 0.348. The molecule has 0 bridgehead atoms. The monoisotopic (exact) mass is 409 g/mol. The molecule has 0 aliphatic rings. The molecule has 7 nitrogen and oxygen atoms in total. The van der Waals surface area contributed by atoms with E-state index in [2.05, 4.69) is 10.3 Å². The van der Waals surface area contributed by atoms with Crippen LogP contribution in [0.1, 0.15) is 43.6 Å². The molecule has 0 unspecified atom stereocenters. The first-order valence-corrected chi connectivity index (χ1v) is 9.76. The van der Waals surface area contributed by atoms with Gasteiger partial charge in [0.1, 0.15) is 29.4 Å². The zero-order valence-electron chi connectivity index (χ0n) is 18.0. The Morgan fingerprint density at radius 1 is 1.10 bits per heavy atom. The third-order valence-corrected chi connectivity index (χ3v) is 4.45.